The lowest BCUT2D eigenvalue weighted by Crippen LogP contribution is -2.31. The highest BCUT2D eigenvalue weighted by Crippen LogP contribution is 2.14. The second kappa shape index (κ2) is 24.9. The molecule has 0 aliphatic rings. The Bertz CT molecular complexity index is 561. The third-order valence-electron chi connectivity index (χ3n) is 5.57. The molecule has 0 bridgehead atoms. The first-order valence-electron chi connectivity index (χ1n) is 13.9. The van der Waals surface area contributed by atoms with Gasteiger partial charge in [0.1, 0.15) is 13.2 Å². The van der Waals surface area contributed by atoms with Crippen LogP contribution in [0.2, 0.25) is 0 Å². The van der Waals surface area contributed by atoms with E-state index in [1.807, 2.05) is 0 Å². The van der Waals surface area contributed by atoms with Crippen LogP contribution < -0.4 is 0 Å². The summed E-state index contributed by atoms with van der Waals surface area (Å²) < 4.78 is 24.4. The van der Waals surface area contributed by atoms with E-state index in [1.54, 1.807) is 0 Å². The predicted molar refractivity (Wildman–Crippen MR) is 145 cm³/mol. The van der Waals surface area contributed by atoms with Crippen LogP contribution in [0.5, 0.6) is 0 Å². The highest BCUT2D eigenvalue weighted by Gasteiger charge is 2.21. The molecular weight excluding hydrogens is 523 g/mol. The Morgan fingerprint density at radius 3 is 1.27 bits per heavy atom. The Labute approximate surface area is 233 Å². The van der Waals surface area contributed by atoms with Crippen molar-refractivity contribution in [1.29, 1.82) is 0 Å². The molecule has 0 amide bonds. The van der Waals surface area contributed by atoms with Crippen LogP contribution in [-0.2, 0) is 28.5 Å². The summed E-state index contributed by atoms with van der Waals surface area (Å²) in [6.07, 6.45) is 15.7. The first-order chi connectivity index (χ1) is 17.7. The zero-order valence-corrected chi connectivity index (χ0v) is 24.5. The molecule has 2 unspecified atom stereocenters. The van der Waals surface area contributed by atoms with Gasteiger partial charge in [-0.25, -0.2) is 9.59 Å². The lowest BCUT2D eigenvalue weighted by atomic mass is 10.0. The second-order valence-electron chi connectivity index (χ2n) is 9.26. The zero-order chi connectivity index (χ0) is 27.7. The van der Waals surface area contributed by atoms with E-state index in [9.17, 15) is 14.4 Å². The third-order valence-corrected chi connectivity index (χ3v) is 5.75. The Hall–Kier alpha value is -1.41. The van der Waals surface area contributed by atoms with Crippen LogP contribution in [0.25, 0.3) is 0 Å². The van der Waals surface area contributed by atoms with Gasteiger partial charge in [-0.3, -0.25) is 4.79 Å². The number of rotatable bonds is 23. The molecule has 0 saturated heterocycles. The highest BCUT2D eigenvalue weighted by molar-refractivity contribution is 6.20. The number of halogens is 2. The topological polar surface area (TPSA) is 97.4 Å². The van der Waals surface area contributed by atoms with E-state index in [2.05, 4.69) is 16.4 Å². The van der Waals surface area contributed by atoms with Gasteiger partial charge in [0.2, 0.25) is 0 Å². The average Bonchev–Trinajstić information content (AvgIpc) is 2.82. The molecule has 0 saturated carbocycles. The van der Waals surface area contributed by atoms with E-state index in [1.165, 1.54) is 90.9 Å². The lowest BCUT2D eigenvalue weighted by Gasteiger charge is -2.18. The summed E-state index contributed by atoms with van der Waals surface area (Å²) in [7, 11) is 0. The van der Waals surface area contributed by atoms with Gasteiger partial charge in [0, 0.05) is 6.42 Å². The van der Waals surface area contributed by atoms with Gasteiger partial charge < -0.3 is 23.7 Å². The van der Waals surface area contributed by atoms with Gasteiger partial charge in [-0.05, 0) is 20.3 Å². The Morgan fingerprint density at radius 2 is 0.919 bits per heavy atom. The fourth-order valence-corrected chi connectivity index (χ4v) is 3.80. The SMILES string of the molecule is CCCCCCCCCCCCCCCCCC(=O)OC(COC(=O)OC(C)Cl)COC(=O)OC(C)Cl. The quantitative estimate of drug-likeness (QED) is 0.0520. The van der Waals surface area contributed by atoms with Crippen LogP contribution in [0.3, 0.4) is 0 Å². The van der Waals surface area contributed by atoms with E-state index >= 15 is 0 Å². The van der Waals surface area contributed by atoms with Crippen molar-refractivity contribution in [2.45, 2.75) is 141 Å². The van der Waals surface area contributed by atoms with Crippen molar-refractivity contribution in [1.82, 2.24) is 0 Å². The molecule has 8 nitrogen and oxygen atoms in total. The maximum atomic E-state index is 12.2. The molecule has 0 aromatic rings. The van der Waals surface area contributed by atoms with Crippen molar-refractivity contribution in [3.8, 4) is 0 Å². The van der Waals surface area contributed by atoms with E-state index < -0.39 is 35.5 Å². The molecule has 0 fully saturated rings. The molecule has 37 heavy (non-hydrogen) atoms. The molecular formula is C27H48Cl2O8. The van der Waals surface area contributed by atoms with Crippen LogP contribution in [0.4, 0.5) is 9.59 Å². The molecule has 0 spiro atoms. The number of carbonyl (C=O) groups excluding carboxylic acids is 3. The second-order valence-corrected chi connectivity index (χ2v) is 10.5. The normalized spacial score (nSPS) is 13.3. The number of unbranched alkanes of at least 4 members (excludes halogenated alkanes) is 14. The van der Waals surface area contributed by atoms with Crippen LogP contribution in [0, 0.1) is 0 Å². The maximum Gasteiger partial charge on any atom is 0.509 e. The number of carbonyl (C=O) groups is 3. The summed E-state index contributed by atoms with van der Waals surface area (Å²) in [6.45, 7) is 4.42. The van der Waals surface area contributed by atoms with Crippen LogP contribution in [0.15, 0.2) is 0 Å². The molecule has 0 N–H and O–H groups in total. The van der Waals surface area contributed by atoms with Gasteiger partial charge in [0.25, 0.3) is 0 Å². The van der Waals surface area contributed by atoms with E-state index in [-0.39, 0.29) is 19.6 Å². The molecule has 0 aliphatic heterocycles. The Kier molecular flexibility index (Phi) is 24.0. The van der Waals surface area contributed by atoms with E-state index in [0.717, 1.165) is 12.8 Å². The molecule has 218 valence electrons. The molecule has 0 aromatic carbocycles. The summed E-state index contributed by atoms with van der Waals surface area (Å²) in [5.41, 5.74) is -1.76. The van der Waals surface area contributed by atoms with Crippen LogP contribution in [-0.4, -0.2) is 48.7 Å². The number of esters is 1. The average molecular weight is 572 g/mol. The standard InChI is InChI=1S/C27H48Cl2O8/c1-4-5-6-7-8-9-10-11-12-13-14-15-16-17-18-19-25(30)37-24(20-33-26(31)35-22(2)28)21-34-27(32)36-23(3)29/h22-24H,4-21H2,1-3H3. The lowest BCUT2D eigenvalue weighted by molar-refractivity contribution is -0.154. The van der Waals surface area contributed by atoms with Gasteiger partial charge in [0.15, 0.2) is 17.2 Å². The van der Waals surface area contributed by atoms with E-state index in [0.29, 0.717) is 6.42 Å². The molecule has 0 aromatic heterocycles. The summed E-state index contributed by atoms with van der Waals surface area (Å²) >= 11 is 11.1. The third kappa shape index (κ3) is 26.0. The number of ether oxygens (including phenoxy) is 5. The molecule has 0 heterocycles. The Morgan fingerprint density at radius 1 is 0.568 bits per heavy atom. The summed E-state index contributed by atoms with van der Waals surface area (Å²) in [4.78, 5) is 35.3. The van der Waals surface area contributed by atoms with Crippen molar-refractivity contribution in [2.24, 2.45) is 0 Å². The fraction of sp³-hybridized carbons (Fsp3) is 0.889. The number of hydrogen-bond donors (Lipinski definition) is 0. The van der Waals surface area contributed by atoms with Crippen LogP contribution in [0.1, 0.15) is 124 Å². The van der Waals surface area contributed by atoms with Gasteiger partial charge in [-0.2, -0.15) is 0 Å². The minimum atomic E-state index is -1.03. The zero-order valence-electron chi connectivity index (χ0n) is 23.0. The molecule has 0 aliphatic carbocycles. The van der Waals surface area contributed by atoms with Crippen molar-refractivity contribution in [3.05, 3.63) is 0 Å². The minimum Gasteiger partial charge on any atom is -0.455 e. The van der Waals surface area contributed by atoms with Crippen molar-refractivity contribution < 1.29 is 38.1 Å². The van der Waals surface area contributed by atoms with Gasteiger partial charge in [0.05, 0.1) is 0 Å². The molecule has 0 rings (SSSR count). The summed E-state index contributed by atoms with van der Waals surface area (Å²) in [5, 5.41) is 0. The predicted octanol–water partition coefficient (Wildman–Crippen LogP) is 8.64. The van der Waals surface area contributed by atoms with Gasteiger partial charge >= 0.3 is 18.3 Å². The molecule has 2 atom stereocenters. The molecule has 0 radical (unpaired) electrons. The molecule has 10 heteroatoms. The first kappa shape index (κ1) is 35.6. The number of hydrogen-bond acceptors (Lipinski definition) is 8. The minimum absolute atomic E-state index is 0.223. The monoisotopic (exact) mass is 570 g/mol. The fourth-order valence-electron chi connectivity index (χ4n) is 3.66. The Balaban J connectivity index is 3.97. The van der Waals surface area contributed by atoms with Crippen LogP contribution >= 0.6 is 23.2 Å². The van der Waals surface area contributed by atoms with Crippen molar-refractivity contribution in [2.75, 3.05) is 13.2 Å². The van der Waals surface area contributed by atoms with Gasteiger partial charge in [-0.1, -0.05) is 120 Å². The largest absolute Gasteiger partial charge is 0.509 e. The summed E-state index contributed by atoms with van der Waals surface area (Å²) in [5.74, 6) is -0.468. The van der Waals surface area contributed by atoms with Crippen molar-refractivity contribution >= 4 is 41.5 Å². The highest BCUT2D eigenvalue weighted by atomic mass is 35.5. The first-order valence-corrected chi connectivity index (χ1v) is 14.8. The number of alkyl halides is 2. The van der Waals surface area contributed by atoms with E-state index in [4.69, 9.17) is 37.4 Å². The van der Waals surface area contributed by atoms with Crippen molar-refractivity contribution in [3.63, 3.8) is 0 Å². The smallest absolute Gasteiger partial charge is 0.455 e. The maximum absolute atomic E-state index is 12.2. The summed E-state index contributed by atoms with van der Waals surface area (Å²) in [6, 6.07) is 0. The van der Waals surface area contributed by atoms with Gasteiger partial charge in [-0.15, -0.1) is 0 Å².